The molecule has 0 aliphatic carbocycles. The maximum absolute atomic E-state index is 11.9. The van der Waals surface area contributed by atoms with E-state index in [0.29, 0.717) is 36.1 Å². The van der Waals surface area contributed by atoms with Crippen molar-refractivity contribution < 1.29 is 4.79 Å². The summed E-state index contributed by atoms with van der Waals surface area (Å²) in [5.74, 6) is 0.550. The number of para-hydroxylation sites is 1. The molecule has 2 N–H and O–H groups in total. The molecule has 0 aliphatic heterocycles. The van der Waals surface area contributed by atoms with E-state index in [4.69, 9.17) is 0 Å². The number of nitrogens with one attached hydrogen (secondary N) is 2. The minimum Gasteiger partial charge on any atom is -0.356 e. The lowest BCUT2D eigenvalue weighted by Gasteiger charge is -2.05. The van der Waals surface area contributed by atoms with Crippen LogP contribution in [0.4, 0.5) is 0 Å². The molecule has 0 fully saturated rings. The van der Waals surface area contributed by atoms with Gasteiger partial charge in [0.05, 0.1) is 10.9 Å². The molecule has 5 nitrogen and oxygen atoms in total. The molecule has 1 heterocycles. The number of amides is 1. The van der Waals surface area contributed by atoms with Gasteiger partial charge in [0.25, 0.3) is 5.56 Å². The Morgan fingerprint density at radius 2 is 2.15 bits per heavy atom. The van der Waals surface area contributed by atoms with Crippen LogP contribution in [-0.4, -0.2) is 22.4 Å². The standard InChI is InChI=1S/C15H19N3O2/c1-2-3-10-16-14(19)9-8-13-17-12-7-5-4-6-11(12)15(20)18-13/h4-7H,2-3,8-10H2,1H3,(H,16,19)(H,17,18,20). The zero-order chi connectivity index (χ0) is 14.4. The summed E-state index contributed by atoms with van der Waals surface area (Å²) >= 11 is 0. The van der Waals surface area contributed by atoms with Crippen LogP contribution in [-0.2, 0) is 11.2 Å². The fourth-order valence-corrected chi connectivity index (χ4v) is 1.98. The molecule has 0 saturated heterocycles. The van der Waals surface area contributed by atoms with E-state index in [0.717, 1.165) is 12.8 Å². The number of carbonyl (C=O) groups excluding carboxylic acids is 1. The van der Waals surface area contributed by atoms with Crippen LogP contribution >= 0.6 is 0 Å². The average Bonchev–Trinajstić information content (AvgIpc) is 2.45. The van der Waals surface area contributed by atoms with Crippen LogP contribution in [0.1, 0.15) is 32.0 Å². The fourth-order valence-electron chi connectivity index (χ4n) is 1.98. The normalized spacial score (nSPS) is 10.7. The first-order valence-electron chi connectivity index (χ1n) is 6.95. The predicted molar refractivity (Wildman–Crippen MR) is 78.6 cm³/mol. The maximum Gasteiger partial charge on any atom is 0.258 e. The number of benzene rings is 1. The third-order valence-electron chi connectivity index (χ3n) is 3.10. The predicted octanol–water partition coefficient (Wildman–Crippen LogP) is 1.77. The molecule has 106 valence electrons. The first-order valence-corrected chi connectivity index (χ1v) is 6.95. The van der Waals surface area contributed by atoms with E-state index in [1.165, 1.54) is 0 Å². The van der Waals surface area contributed by atoms with Gasteiger partial charge in [-0.3, -0.25) is 9.59 Å². The second-order valence-electron chi connectivity index (χ2n) is 4.73. The van der Waals surface area contributed by atoms with Crippen molar-refractivity contribution in [3.63, 3.8) is 0 Å². The molecule has 5 heteroatoms. The number of hydrogen-bond acceptors (Lipinski definition) is 3. The molecule has 2 aromatic rings. The Morgan fingerprint density at radius 1 is 1.35 bits per heavy atom. The third-order valence-corrected chi connectivity index (χ3v) is 3.10. The van der Waals surface area contributed by atoms with Gasteiger partial charge in [0.1, 0.15) is 5.82 Å². The van der Waals surface area contributed by atoms with Gasteiger partial charge in [-0.05, 0) is 18.6 Å². The number of aromatic nitrogens is 2. The summed E-state index contributed by atoms with van der Waals surface area (Å²) in [6, 6.07) is 7.19. The van der Waals surface area contributed by atoms with Crippen molar-refractivity contribution in [2.24, 2.45) is 0 Å². The summed E-state index contributed by atoms with van der Waals surface area (Å²) in [5, 5.41) is 3.42. The summed E-state index contributed by atoms with van der Waals surface area (Å²) in [6.45, 7) is 2.78. The number of hydrogen-bond donors (Lipinski definition) is 2. The van der Waals surface area contributed by atoms with Crippen molar-refractivity contribution in [1.29, 1.82) is 0 Å². The summed E-state index contributed by atoms with van der Waals surface area (Å²) in [6.07, 6.45) is 2.82. The van der Waals surface area contributed by atoms with Gasteiger partial charge in [-0.2, -0.15) is 0 Å². The first-order chi connectivity index (χ1) is 9.70. The molecule has 2 rings (SSSR count). The third kappa shape index (κ3) is 3.66. The quantitative estimate of drug-likeness (QED) is 0.788. The SMILES string of the molecule is CCCCNC(=O)CCc1nc2ccccc2c(=O)[nH]1. The number of carbonyl (C=O) groups is 1. The summed E-state index contributed by atoms with van der Waals surface area (Å²) in [4.78, 5) is 30.6. The number of nitrogens with zero attached hydrogens (tertiary/aromatic N) is 1. The van der Waals surface area contributed by atoms with Gasteiger partial charge in [-0.1, -0.05) is 25.5 Å². The molecule has 0 spiro atoms. The summed E-state index contributed by atoms with van der Waals surface area (Å²) < 4.78 is 0. The lowest BCUT2D eigenvalue weighted by molar-refractivity contribution is -0.121. The molecule has 0 aliphatic rings. The molecular formula is C15H19N3O2. The Balaban J connectivity index is 2.00. The van der Waals surface area contributed by atoms with Gasteiger partial charge in [-0.25, -0.2) is 4.98 Å². The summed E-state index contributed by atoms with van der Waals surface area (Å²) in [7, 11) is 0. The molecule has 20 heavy (non-hydrogen) atoms. The van der Waals surface area contributed by atoms with Gasteiger partial charge in [0.2, 0.25) is 5.91 Å². The number of aryl methyl sites for hydroxylation is 1. The highest BCUT2D eigenvalue weighted by Gasteiger charge is 2.06. The molecule has 0 atom stereocenters. The van der Waals surface area contributed by atoms with E-state index < -0.39 is 0 Å². The first kappa shape index (κ1) is 14.2. The monoisotopic (exact) mass is 273 g/mol. The average molecular weight is 273 g/mol. The van der Waals surface area contributed by atoms with E-state index in [-0.39, 0.29) is 11.5 Å². The van der Waals surface area contributed by atoms with Gasteiger partial charge < -0.3 is 10.3 Å². The van der Waals surface area contributed by atoms with Crippen LogP contribution in [0.5, 0.6) is 0 Å². The van der Waals surface area contributed by atoms with Crippen molar-refractivity contribution in [3.8, 4) is 0 Å². The van der Waals surface area contributed by atoms with E-state index in [2.05, 4.69) is 22.2 Å². The highest BCUT2D eigenvalue weighted by Crippen LogP contribution is 2.06. The Bertz CT molecular complexity index is 649. The Labute approximate surface area is 117 Å². The van der Waals surface area contributed by atoms with Gasteiger partial charge in [0, 0.05) is 19.4 Å². The van der Waals surface area contributed by atoms with Crippen LogP contribution in [0.15, 0.2) is 29.1 Å². The van der Waals surface area contributed by atoms with E-state index in [9.17, 15) is 9.59 Å². The number of H-pyrrole nitrogens is 1. The maximum atomic E-state index is 11.9. The molecule has 1 aromatic carbocycles. The largest absolute Gasteiger partial charge is 0.356 e. The molecule has 0 saturated carbocycles. The highest BCUT2D eigenvalue weighted by molar-refractivity contribution is 5.77. The van der Waals surface area contributed by atoms with Crippen LogP contribution in [0.25, 0.3) is 10.9 Å². The number of rotatable bonds is 6. The van der Waals surface area contributed by atoms with Crippen molar-refractivity contribution in [2.45, 2.75) is 32.6 Å². The minimum absolute atomic E-state index is 0.00532. The fraction of sp³-hybridized carbons (Fsp3) is 0.400. The number of fused-ring (bicyclic) bond motifs is 1. The zero-order valence-corrected chi connectivity index (χ0v) is 11.6. The van der Waals surface area contributed by atoms with Gasteiger partial charge in [-0.15, -0.1) is 0 Å². The van der Waals surface area contributed by atoms with Gasteiger partial charge in [0.15, 0.2) is 0 Å². The van der Waals surface area contributed by atoms with Crippen molar-refractivity contribution in [2.75, 3.05) is 6.54 Å². The van der Waals surface area contributed by atoms with E-state index in [1.54, 1.807) is 18.2 Å². The molecule has 0 unspecified atom stereocenters. The smallest absolute Gasteiger partial charge is 0.258 e. The molecule has 0 bridgehead atoms. The van der Waals surface area contributed by atoms with Gasteiger partial charge >= 0.3 is 0 Å². The number of aromatic amines is 1. The van der Waals surface area contributed by atoms with Crippen LogP contribution in [0.2, 0.25) is 0 Å². The van der Waals surface area contributed by atoms with Crippen molar-refractivity contribution in [1.82, 2.24) is 15.3 Å². The van der Waals surface area contributed by atoms with E-state index >= 15 is 0 Å². The molecule has 1 aromatic heterocycles. The topological polar surface area (TPSA) is 74.8 Å². The molecule has 1 amide bonds. The second kappa shape index (κ2) is 6.84. The lowest BCUT2D eigenvalue weighted by atomic mass is 10.2. The van der Waals surface area contributed by atoms with Crippen molar-refractivity contribution in [3.05, 3.63) is 40.4 Å². The Kier molecular flexibility index (Phi) is 4.87. The van der Waals surface area contributed by atoms with E-state index in [1.807, 2.05) is 6.07 Å². The zero-order valence-electron chi connectivity index (χ0n) is 11.6. The lowest BCUT2D eigenvalue weighted by Crippen LogP contribution is -2.25. The van der Waals surface area contributed by atoms with Crippen LogP contribution in [0.3, 0.4) is 0 Å². The second-order valence-corrected chi connectivity index (χ2v) is 4.73. The molecule has 0 radical (unpaired) electrons. The number of unbranched alkanes of at least 4 members (excludes halogenated alkanes) is 1. The molecular weight excluding hydrogens is 254 g/mol. The van der Waals surface area contributed by atoms with Crippen LogP contribution < -0.4 is 10.9 Å². The van der Waals surface area contributed by atoms with Crippen LogP contribution in [0, 0.1) is 0 Å². The Morgan fingerprint density at radius 3 is 2.95 bits per heavy atom. The highest BCUT2D eigenvalue weighted by atomic mass is 16.1. The minimum atomic E-state index is -0.156. The Hall–Kier alpha value is -2.17. The summed E-state index contributed by atoms with van der Waals surface area (Å²) in [5.41, 5.74) is 0.509. The van der Waals surface area contributed by atoms with Crippen molar-refractivity contribution >= 4 is 16.8 Å².